The highest BCUT2D eigenvalue weighted by molar-refractivity contribution is 7.08. The molecule has 96 valence electrons. The molecule has 0 saturated heterocycles. The molecule has 6 nitrogen and oxygen atoms in total. The molecule has 18 heavy (non-hydrogen) atoms. The first-order valence-corrected chi connectivity index (χ1v) is 6.15. The zero-order chi connectivity index (χ0) is 13.5. The molecular formula is C11H13N3O3S. The maximum atomic E-state index is 11.9. The van der Waals surface area contributed by atoms with E-state index in [2.05, 4.69) is 20.8 Å². The lowest BCUT2D eigenvalue weighted by molar-refractivity contribution is -0.139. The Balaban J connectivity index is 2.77. The van der Waals surface area contributed by atoms with Gasteiger partial charge in [-0.2, -0.15) is 0 Å². The number of carboxylic acid groups (broad SMARTS) is 1. The number of amides is 1. The van der Waals surface area contributed by atoms with E-state index in [0.29, 0.717) is 17.0 Å². The number of carboxylic acids is 1. The number of nitrogens with one attached hydrogen (secondary N) is 1. The minimum absolute atomic E-state index is 0.0591. The van der Waals surface area contributed by atoms with Gasteiger partial charge in [-0.1, -0.05) is 17.8 Å². The molecule has 0 fully saturated rings. The minimum atomic E-state index is -1.16. The molecule has 1 heterocycles. The van der Waals surface area contributed by atoms with Crippen LogP contribution in [0, 0.1) is 12.3 Å². The first-order chi connectivity index (χ1) is 8.60. The van der Waals surface area contributed by atoms with Gasteiger partial charge in [-0.25, -0.2) is 4.79 Å². The number of nitrogens with zero attached hydrogens (tertiary/aromatic N) is 2. The molecule has 0 radical (unpaired) electrons. The fraction of sp³-hybridized carbons (Fsp3) is 0.455. The van der Waals surface area contributed by atoms with Crippen LogP contribution in [-0.4, -0.2) is 32.6 Å². The summed E-state index contributed by atoms with van der Waals surface area (Å²) in [5, 5.41) is 15.1. The van der Waals surface area contributed by atoms with Gasteiger partial charge < -0.3 is 10.4 Å². The number of hydrogen-bond donors (Lipinski definition) is 2. The summed E-state index contributed by atoms with van der Waals surface area (Å²) in [5.74, 6) is 0.570. The third kappa shape index (κ3) is 3.53. The van der Waals surface area contributed by atoms with E-state index in [1.807, 2.05) is 6.92 Å². The molecule has 1 rings (SSSR count). The Labute approximate surface area is 109 Å². The maximum Gasteiger partial charge on any atom is 0.327 e. The van der Waals surface area contributed by atoms with Crippen LogP contribution in [0.1, 0.15) is 35.1 Å². The molecule has 7 heteroatoms. The summed E-state index contributed by atoms with van der Waals surface area (Å²) < 4.78 is 3.70. The topological polar surface area (TPSA) is 92.2 Å². The van der Waals surface area contributed by atoms with E-state index in [9.17, 15) is 9.59 Å². The average Bonchev–Trinajstić information content (AvgIpc) is 2.77. The number of hydrogen-bond acceptors (Lipinski definition) is 5. The lowest BCUT2D eigenvalue weighted by Gasteiger charge is -2.10. The quantitative estimate of drug-likeness (QED) is 0.740. The molecule has 1 aromatic rings. The molecular weight excluding hydrogens is 254 g/mol. The van der Waals surface area contributed by atoms with Crippen LogP contribution < -0.4 is 5.32 Å². The van der Waals surface area contributed by atoms with Gasteiger partial charge in [-0.3, -0.25) is 4.79 Å². The molecule has 1 atom stereocenters. The van der Waals surface area contributed by atoms with Crippen LogP contribution in [0.25, 0.3) is 0 Å². The molecule has 0 aliphatic carbocycles. The lowest BCUT2D eigenvalue weighted by atomic mass is 10.2. The first kappa shape index (κ1) is 14.1. The Morgan fingerprint density at radius 3 is 2.89 bits per heavy atom. The highest BCUT2D eigenvalue weighted by Crippen LogP contribution is 2.12. The highest BCUT2D eigenvalue weighted by atomic mass is 32.1. The Morgan fingerprint density at radius 1 is 1.61 bits per heavy atom. The summed E-state index contributed by atoms with van der Waals surface area (Å²) in [6.07, 6.45) is 6.46. The predicted octanol–water partition coefficient (Wildman–Crippen LogP) is 0.697. The first-order valence-electron chi connectivity index (χ1n) is 5.38. The number of carbonyl (C=O) groups excluding carboxylic acids is 1. The van der Waals surface area contributed by atoms with Crippen LogP contribution in [0.3, 0.4) is 0 Å². The van der Waals surface area contributed by atoms with Crippen LogP contribution >= 0.6 is 11.5 Å². The van der Waals surface area contributed by atoms with Crippen LogP contribution in [0.2, 0.25) is 0 Å². The fourth-order valence-corrected chi connectivity index (χ4v) is 1.93. The minimum Gasteiger partial charge on any atom is -0.480 e. The highest BCUT2D eigenvalue weighted by Gasteiger charge is 2.22. The summed E-state index contributed by atoms with van der Waals surface area (Å²) in [6, 6.07) is -1.08. The van der Waals surface area contributed by atoms with E-state index in [1.54, 1.807) is 0 Å². The molecule has 2 N–H and O–H groups in total. The number of aliphatic carboxylic acids is 1. The average molecular weight is 267 g/mol. The van der Waals surface area contributed by atoms with Gasteiger partial charge in [0.2, 0.25) is 0 Å². The third-order valence-electron chi connectivity index (χ3n) is 2.17. The van der Waals surface area contributed by atoms with Crippen molar-refractivity contribution in [3.05, 3.63) is 10.6 Å². The number of aryl methyl sites for hydroxylation is 1. The van der Waals surface area contributed by atoms with Gasteiger partial charge in [-0.15, -0.1) is 17.4 Å². The Hall–Kier alpha value is -1.94. The van der Waals surface area contributed by atoms with Gasteiger partial charge in [0.15, 0.2) is 0 Å². The Kier molecular flexibility index (Phi) is 5.27. The van der Waals surface area contributed by atoms with E-state index >= 15 is 0 Å². The molecule has 0 aliphatic heterocycles. The van der Waals surface area contributed by atoms with E-state index in [1.165, 1.54) is 0 Å². The Morgan fingerprint density at radius 2 is 2.33 bits per heavy atom. The SMILES string of the molecule is C#CCC(NC(=O)c1snnc1CCC)C(=O)O. The van der Waals surface area contributed by atoms with Crippen LogP contribution in [-0.2, 0) is 11.2 Å². The number of carbonyl (C=O) groups is 2. The maximum absolute atomic E-state index is 11.9. The van der Waals surface area contributed by atoms with E-state index in [0.717, 1.165) is 18.0 Å². The van der Waals surface area contributed by atoms with Crippen molar-refractivity contribution in [2.75, 3.05) is 0 Å². The van der Waals surface area contributed by atoms with Crippen LogP contribution in [0.15, 0.2) is 0 Å². The van der Waals surface area contributed by atoms with E-state index < -0.39 is 17.9 Å². The smallest absolute Gasteiger partial charge is 0.327 e. The molecule has 1 unspecified atom stereocenters. The zero-order valence-corrected chi connectivity index (χ0v) is 10.7. The summed E-state index contributed by atoms with van der Waals surface area (Å²) in [6.45, 7) is 1.96. The van der Waals surface area contributed by atoms with E-state index in [-0.39, 0.29) is 6.42 Å². The normalized spacial score (nSPS) is 11.6. The fourth-order valence-electron chi connectivity index (χ4n) is 1.32. The van der Waals surface area contributed by atoms with Gasteiger partial charge in [0, 0.05) is 6.42 Å². The van der Waals surface area contributed by atoms with Gasteiger partial charge in [0.1, 0.15) is 10.9 Å². The van der Waals surface area contributed by atoms with Crippen LogP contribution in [0.5, 0.6) is 0 Å². The van der Waals surface area contributed by atoms with Crippen LogP contribution in [0.4, 0.5) is 0 Å². The van der Waals surface area contributed by atoms with Crippen molar-refractivity contribution in [2.24, 2.45) is 0 Å². The molecule has 0 aliphatic rings. The molecule has 0 aromatic carbocycles. The van der Waals surface area contributed by atoms with Crippen molar-refractivity contribution in [3.63, 3.8) is 0 Å². The molecule has 1 aromatic heterocycles. The second kappa shape index (κ2) is 6.71. The van der Waals surface area contributed by atoms with Gasteiger partial charge >= 0.3 is 5.97 Å². The van der Waals surface area contributed by atoms with Crippen molar-refractivity contribution in [1.29, 1.82) is 0 Å². The Bertz CT molecular complexity index is 478. The van der Waals surface area contributed by atoms with Crippen molar-refractivity contribution >= 4 is 23.4 Å². The molecule has 0 spiro atoms. The largest absolute Gasteiger partial charge is 0.480 e. The van der Waals surface area contributed by atoms with Crippen molar-refractivity contribution < 1.29 is 14.7 Å². The summed E-state index contributed by atoms with van der Waals surface area (Å²) in [4.78, 5) is 23.1. The van der Waals surface area contributed by atoms with Crippen molar-refractivity contribution in [3.8, 4) is 12.3 Å². The number of rotatable bonds is 6. The zero-order valence-electron chi connectivity index (χ0n) is 9.84. The summed E-state index contributed by atoms with van der Waals surface area (Å²) in [5.41, 5.74) is 0.588. The van der Waals surface area contributed by atoms with Gasteiger partial charge in [-0.05, 0) is 18.0 Å². The summed E-state index contributed by atoms with van der Waals surface area (Å²) >= 11 is 0.952. The molecule has 0 bridgehead atoms. The van der Waals surface area contributed by atoms with Gasteiger partial charge in [0.05, 0.1) is 5.69 Å². The third-order valence-corrected chi connectivity index (χ3v) is 2.94. The molecule has 1 amide bonds. The van der Waals surface area contributed by atoms with Gasteiger partial charge in [0.25, 0.3) is 5.91 Å². The standard InChI is InChI=1S/C11H13N3O3S/c1-3-5-7-9(18-14-13-7)10(15)12-8(6-4-2)11(16)17/h2,8H,3,5-6H2,1H3,(H,12,15)(H,16,17). The van der Waals surface area contributed by atoms with Crippen molar-refractivity contribution in [1.82, 2.24) is 14.9 Å². The predicted molar refractivity (Wildman–Crippen MR) is 66.2 cm³/mol. The second-order valence-corrected chi connectivity index (χ2v) is 4.33. The number of terminal acetylenes is 1. The van der Waals surface area contributed by atoms with E-state index in [4.69, 9.17) is 11.5 Å². The molecule has 0 saturated carbocycles. The summed E-state index contributed by atoms with van der Waals surface area (Å²) in [7, 11) is 0. The second-order valence-electron chi connectivity index (χ2n) is 3.57. The monoisotopic (exact) mass is 267 g/mol. The number of aromatic nitrogens is 2. The van der Waals surface area contributed by atoms with Crippen molar-refractivity contribution in [2.45, 2.75) is 32.2 Å². The lowest BCUT2D eigenvalue weighted by Crippen LogP contribution is -2.40.